The SMILES string of the molecule is C.C.COCCN1C(=O)[C@H](C)N(C)c2nc(CC3CC(Oc4cc(F)c(F)c(F)c4)C3)nc(C)c21.S. The van der Waals surface area contributed by atoms with Gasteiger partial charge >= 0.3 is 0 Å². The van der Waals surface area contributed by atoms with Crippen molar-refractivity contribution in [3.8, 4) is 5.75 Å². The molecule has 1 amide bonds. The summed E-state index contributed by atoms with van der Waals surface area (Å²) < 4.78 is 50.6. The molecule has 1 aromatic heterocycles. The molecule has 1 fully saturated rings. The first kappa shape index (κ1) is 31.5. The Bertz CT molecular complexity index is 1050. The number of aromatic nitrogens is 2. The lowest BCUT2D eigenvalue weighted by molar-refractivity contribution is -0.120. The Hall–Kier alpha value is -2.53. The molecule has 1 aromatic carbocycles. The third-order valence-electron chi connectivity index (χ3n) is 6.34. The van der Waals surface area contributed by atoms with Crippen LogP contribution >= 0.6 is 13.5 Å². The lowest BCUT2D eigenvalue weighted by Gasteiger charge is -2.40. The monoisotopic (exact) mass is 530 g/mol. The molecule has 36 heavy (non-hydrogen) atoms. The van der Waals surface area contributed by atoms with E-state index in [1.807, 2.05) is 25.8 Å². The van der Waals surface area contributed by atoms with Crippen LogP contribution in [0.3, 0.4) is 0 Å². The summed E-state index contributed by atoms with van der Waals surface area (Å²) in [5.74, 6) is -2.44. The number of nitrogens with zero attached hydrogens (tertiary/aromatic N) is 4. The Balaban J connectivity index is 0.00000216. The van der Waals surface area contributed by atoms with Gasteiger partial charge in [0.25, 0.3) is 0 Å². The van der Waals surface area contributed by atoms with Gasteiger partial charge in [0, 0.05) is 39.3 Å². The van der Waals surface area contributed by atoms with E-state index in [-0.39, 0.29) is 58.1 Å². The minimum absolute atomic E-state index is 0. The van der Waals surface area contributed by atoms with E-state index in [0.29, 0.717) is 49.7 Å². The van der Waals surface area contributed by atoms with Crippen molar-refractivity contribution in [2.45, 2.75) is 60.1 Å². The van der Waals surface area contributed by atoms with Crippen molar-refractivity contribution in [3.05, 3.63) is 41.1 Å². The zero-order valence-corrected chi connectivity index (χ0v) is 20.6. The van der Waals surface area contributed by atoms with Gasteiger partial charge in [-0.2, -0.15) is 13.5 Å². The molecule has 0 bridgehead atoms. The number of rotatable bonds is 7. The Morgan fingerprint density at radius 2 is 1.72 bits per heavy atom. The van der Waals surface area contributed by atoms with Crippen LogP contribution in [0.5, 0.6) is 5.75 Å². The average molecular weight is 531 g/mol. The molecule has 2 heterocycles. The summed E-state index contributed by atoms with van der Waals surface area (Å²) >= 11 is 0. The second-order valence-electron chi connectivity index (χ2n) is 8.65. The van der Waals surface area contributed by atoms with Gasteiger partial charge in [0.15, 0.2) is 23.3 Å². The maximum absolute atomic E-state index is 13.4. The van der Waals surface area contributed by atoms with E-state index in [1.165, 1.54) is 0 Å². The van der Waals surface area contributed by atoms with Crippen LogP contribution in [0.1, 0.15) is 46.1 Å². The lowest BCUT2D eigenvalue weighted by Crippen LogP contribution is -2.52. The summed E-state index contributed by atoms with van der Waals surface area (Å²) in [7, 11) is 3.44. The molecule has 1 aliphatic carbocycles. The lowest BCUT2D eigenvalue weighted by atomic mass is 9.80. The van der Waals surface area contributed by atoms with Crippen LogP contribution in [0.2, 0.25) is 0 Å². The van der Waals surface area contributed by atoms with Gasteiger partial charge < -0.3 is 19.3 Å². The van der Waals surface area contributed by atoms with Crippen molar-refractivity contribution in [2.24, 2.45) is 5.92 Å². The molecule has 1 saturated carbocycles. The van der Waals surface area contributed by atoms with Gasteiger partial charge in [-0.15, -0.1) is 0 Å². The number of benzene rings is 1. The summed E-state index contributed by atoms with van der Waals surface area (Å²) in [6.07, 6.45) is 1.76. The molecule has 0 spiro atoms. The number of likely N-dealkylation sites (N-methyl/N-ethyl adjacent to an activating group) is 1. The molecule has 202 valence electrons. The predicted molar refractivity (Wildman–Crippen MR) is 140 cm³/mol. The number of hydrogen-bond acceptors (Lipinski definition) is 6. The molecule has 0 N–H and O–H groups in total. The van der Waals surface area contributed by atoms with E-state index in [9.17, 15) is 18.0 Å². The van der Waals surface area contributed by atoms with E-state index < -0.39 is 17.5 Å². The van der Waals surface area contributed by atoms with Crippen molar-refractivity contribution < 1.29 is 27.4 Å². The molecule has 0 unspecified atom stereocenters. The van der Waals surface area contributed by atoms with E-state index in [2.05, 4.69) is 4.98 Å². The van der Waals surface area contributed by atoms with Gasteiger partial charge in [-0.05, 0) is 32.6 Å². The van der Waals surface area contributed by atoms with Crippen molar-refractivity contribution in [2.75, 3.05) is 37.1 Å². The number of hydrogen-bond donors (Lipinski definition) is 0. The quantitative estimate of drug-likeness (QED) is 0.479. The van der Waals surface area contributed by atoms with Crippen LogP contribution in [-0.2, 0) is 16.0 Å². The molecular weight excluding hydrogens is 493 g/mol. The zero-order valence-electron chi connectivity index (χ0n) is 19.6. The first-order chi connectivity index (χ1) is 15.7. The topological polar surface area (TPSA) is 67.8 Å². The second kappa shape index (κ2) is 12.6. The fourth-order valence-corrected chi connectivity index (χ4v) is 4.34. The molecule has 2 aliphatic rings. The smallest absolute Gasteiger partial charge is 0.249 e. The molecule has 11 heteroatoms. The number of halogens is 3. The minimum atomic E-state index is -1.50. The van der Waals surface area contributed by atoms with Gasteiger partial charge in [-0.3, -0.25) is 4.79 Å². The third kappa shape index (κ3) is 6.05. The van der Waals surface area contributed by atoms with E-state index in [4.69, 9.17) is 14.5 Å². The minimum Gasteiger partial charge on any atom is -0.490 e. The van der Waals surface area contributed by atoms with Crippen LogP contribution in [-0.4, -0.2) is 55.3 Å². The Morgan fingerprint density at radius 1 is 1.11 bits per heavy atom. The largest absolute Gasteiger partial charge is 0.490 e. The van der Waals surface area contributed by atoms with Crippen LogP contribution in [0.25, 0.3) is 0 Å². The highest BCUT2D eigenvalue weighted by Crippen LogP contribution is 2.38. The van der Waals surface area contributed by atoms with Crippen molar-refractivity contribution in [3.63, 3.8) is 0 Å². The number of carbonyl (C=O) groups is 1. The maximum atomic E-state index is 13.4. The maximum Gasteiger partial charge on any atom is 0.249 e. The number of fused-ring (bicyclic) bond motifs is 1. The highest BCUT2D eigenvalue weighted by Gasteiger charge is 2.37. The van der Waals surface area contributed by atoms with Crippen molar-refractivity contribution >= 4 is 30.9 Å². The van der Waals surface area contributed by atoms with E-state index in [0.717, 1.165) is 17.8 Å². The Morgan fingerprint density at radius 3 is 2.31 bits per heavy atom. The van der Waals surface area contributed by atoms with Crippen LogP contribution in [0.15, 0.2) is 12.1 Å². The summed E-state index contributed by atoms with van der Waals surface area (Å²) in [6.45, 7) is 4.55. The normalized spacial score (nSPS) is 20.4. The molecule has 1 atom stereocenters. The van der Waals surface area contributed by atoms with Gasteiger partial charge in [0.1, 0.15) is 23.3 Å². The van der Waals surface area contributed by atoms with Crippen LogP contribution in [0, 0.1) is 30.3 Å². The van der Waals surface area contributed by atoms with Crippen molar-refractivity contribution in [1.29, 1.82) is 0 Å². The highest BCUT2D eigenvalue weighted by atomic mass is 32.1. The summed E-state index contributed by atoms with van der Waals surface area (Å²) in [5.41, 5.74) is 1.43. The Labute approximate surface area is 218 Å². The first-order valence-electron chi connectivity index (χ1n) is 10.9. The average Bonchev–Trinajstić information content (AvgIpc) is 2.74. The number of anilines is 2. The van der Waals surface area contributed by atoms with Gasteiger partial charge in [0.2, 0.25) is 5.91 Å². The zero-order chi connectivity index (χ0) is 23.9. The number of amides is 1. The molecule has 7 nitrogen and oxygen atoms in total. The van der Waals surface area contributed by atoms with Crippen molar-refractivity contribution in [1.82, 2.24) is 9.97 Å². The molecule has 0 saturated heterocycles. The summed E-state index contributed by atoms with van der Waals surface area (Å²) in [5, 5.41) is 0. The molecule has 4 rings (SSSR count). The van der Waals surface area contributed by atoms with Gasteiger partial charge in [0.05, 0.1) is 18.4 Å². The molecule has 2 aromatic rings. The molecule has 0 radical (unpaired) electrons. The number of carbonyl (C=O) groups excluding carboxylic acids is 1. The molecule has 1 aliphatic heterocycles. The summed E-state index contributed by atoms with van der Waals surface area (Å²) in [4.78, 5) is 25.8. The molecular formula is C25H37F3N4O3S. The third-order valence-corrected chi connectivity index (χ3v) is 6.34. The number of aryl methyl sites for hydroxylation is 1. The standard InChI is InChI=1S/C23H27F3N4O3.2CH4.H2S/c1-12-21-22(29(3)13(2)23(31)30(21)5-6-32-4)28-19(27-12)9-14-7-15(8-14)33-16-10-17(24)20(26)18(25)11-16;;;/h10-11,13-15H,5-9H2,1-4H3;2*1H4;1H2/t13-,14?,15?;;;/m0.../s1. The number of ether oxygens (including phenoxy) is 2. The Kier molecular flexibility index (Phi) is 11.0. The van der Waals surface area contributed by atoms with E-state index in [1.54, 1.807) is 12.0 Å². The predicted octanol–water partition coefficient (Wildman–Crippen LogP) is 4.81. The van der Waals surface area contributed by atoms with Crippen LogP contribution < -0.4 is 14.5 Å². The summed E-state index contributed by atoms with van der Waals surface area (Å²) in [6, 6.07) is 1.36. The number of methoxy groups -OCH3 is 1. The van der Waals surface area contributed by atoms with Gasteiger partial charge in [-0.1, -0.05) is 14.9 Å². The second-order valence-corrected chi connectivity index (χ2v) is 8.65. The fraction of sp³-hybridized carbons (Fsp3) is 0.560. The van der Waals surface area contributed by atoms with Gasteiger partial charge in [-0.25, -0.2) is 23.1 Å². The highest BCUT2D eigenvalue weighted by molar-refractivity contribution is 7.59. The van der Waals surface area contributed by atoms with Crippen LogP contribution in [0.4, 0.5) is 24.7 Å². The fourth-order valence-electron chi connectivity index (χ4n) is 4.34. The van der Waals surface area contributed by atoms with E-state index >= 15 is 0 Å². The first-order valence-corrected chi connectivity index (χ1v) is 10.9.